The highest BCUT2D eigenvalue weighted by atomic mass is 35.5. The van der Waals surface area contributed by atoms with E-state index in [0.29, 0.717) is 15.8 Å². The number of carbonyl (C=O) groups excluding carboxylic acids is 2. The van der Waals surface area contributed by atoms with Gasteiger partial charge in [0.05, 0.1) is 0 Å². The monoisotopic (exact) mass is 366 g/mol. The van der Waals surface area contributed by atoms with Crippen LogP contribution in [0.5, 0.6) is 0 Å². The molecule has 2 rings (SSSR count). The average molecular weight is 367 g/mol. The fraction of sp³-hybridized carbons (Fsp3) is 0.375. The van der Waals surface area contributed by atoms with Crippen LogP contribution in [0, 0.1) is 6.92 Å². The molecule has 0 spiro atoms. The van der Waals surface area contributed by atoms with Crippen molar-refractivity contribution < 1.29 is 9.59 Å². The summed E-state index contributed by atoms with van der Waals surface area (Å²) in [6.07, 6.45) is 1.98. The molecular weight excluding hydrogens is 348 g/mol. The maximum Gasteiger partial charge on any atom is 0.226 e. The van der Waals surface area contributed by atoms with E-state index in [0.717, 1.165) is 23.4 Å². The fourth-order valence-corrected chi connectivity index (χ4v) is 3.00. The minimum atomic E-state index is -0.257. The molecule has 0 aliphatic carbocycles. The molecule has 1 aromatic carbocycles. The van der Waals surface area contributed by atoms with Crippen molar-refractivity contribution in [2.75, 3.05) is 10.6 Å². The predicted octanol–water partition coefficient (Wildman–Crippen LogP) is 3.81. The largest absolute Gasteiger partial charge is 0.326 e. The summed E-state index contributed by atoms with van der Waals surface area (Å²) in [7, 11) is 0. The van der Waals surface area contributed by atoms with Crippen LogP contribution in [0.4, 0.5) is 10.8 Å². The Morgan fingerprint density at radius 1 is 1.17 bits per heavy atom. The Kier molecular flexibility index (Phi) is 6.69. The van der Waals surface area contributed by atoms with Gasteiger partial charge in [-0.1, -0.05) is 35.9 Å². The zero-order valence-corrected chi connectivity index (χ0v) is 15.1. The number of hydrogen-bond acceptors (Lipinski definition) is 5. The second-order valence-electron chi connectivity index (χ2n) is 5.31. The Balaban J connectivity index is 1.80. The number of aryl methyl sites for hydroxylation is 2. The van der Waals surface area contributed by atoms with Gasteiger partial charge in [0.15, 0.2) is 0 Å². The van der Waals surface area contributed by atoms with Gasteiger partial charge in [-0.2, -0.15) is 0 Å². The summed E-state index contributed by atoms with van der Waals surface area (Å²) in [6.45, 7) is 3.93. The van der Waals surface area contributed by atoms with Gasteiger partial charge in [-0.3, -0.25) is 9.59 Å². The summed E-state index contributed by atoms with van der Waals surface area (Å²) in [4.78, 5) is 23.8. The molecule has 0 unspecified atom stereocenters. The van der Waals surface area contributed by atoms with E-state index < -0.39 is 0 Å². The first-order valence-electron chi connectivity index (χ1n) is 7.66. The highest BCUT2D eigenvalue weighted by Gasteiger charge is 2.11. The Morgan fingerprint density at radius 2 is 1.88 bits per heavy atom. The fourth-order valence-electron chi connectivity index (χ4n) is 1.97. The minimum absolute atomic E-state index is 0.0775. The third-order valence-corrected chi connectivity index (χ3v) is 4.36. The Hall–Kier alpha value is -1.99. The van der Waals surface area contributed by atoms with Gasteiger partial charge in [0.1, 0.15) is 5.01 Å². The average Bonchev–Trinajstić information content (AvgIpc) is 2.96. The topological polar surface area (TPSA) is 84.0 Å². The van der Waals surface area contributed by atoms with Gasteiger partial charge in [0, 0.05) is 30.0 Å². The second kappa shape index (κ2) is 8.75. The molecule has 24 heavy (non-hydrogen) atoms. The van der Waals surface area contributed by atoms with E-state index in [4.69, 9.17) is 11.6 Å². The molecule has 1 aromatic heterocycles. The summed E-state index contributed by atoms with van der Waals surface area (Å²) in [5, 5.41) is 15.2. The van der Waals surface area contributed by atoms with Gasteiger partial charge in [-0.25, -0.2) is 0 Å². The maximum absolute atomic E-state index is 12.0. The first kappa shape index (κ1) is 18.4. The number of rotatable bonds is 7. The lowest BCUT2D eigenvalue weighted by molar-refractivity contribution is -0.121. The van der Waals surface area contributed by atoms with Crippen LogP contribution in [0.1, 0.15) is 36.8 Å². The number of amides is 2. The highest BCUT2D eigenvalue weighted by molar-refractivity contribution is 7.15. The van der Waals surface area contributed by atoms with E-state index in [1.165, 1.54) is 11.3 Å². The molecule has 1 heterocycles. The van der Waals surface area contributed by atoms with Gasteiger partial charge in [-0.15, -0.1) is 10.2 Å². The number of nitrogens with zero attached hydrogens (tertiary/aromatic N) is 2. The predicted molar refractivity (Wildman–Crippen MR) is 96.6 cm³/mol. The number of aromatic nitrogens is 2. The molecule has 2 N–H and O–H groups in total. The summed E-state index contributed by atoms with van der Waals surface area (Å²) < 4.78 is 0. The van der Waals surface area contributed by atoms with Crippen LogP contribution in [0.2, 0.25) is 5.02 Å². The number of nitrogens with one attached hydrogen (secondary N) is 2. The third-order valence-electron chi connectivity index (χ3n) is 3.23. The van der Waals surface area contributed by atoms with Crippen LogP contribution in [-0.4, -0.2) is 22.0 Å². The van der Waals surface area contributed by atoms with Crippen molar-refractivity contribution >= 4 is 45.6 Å². The van der Waals surface area contributed by atoms with Crippen molar-refractivity contribution in [1.29, 1.82) is 0 Å². The molecule has 0 radical (unpaired) electrons. The molecule has 2 amide bonds. The molecule has 0 saturated heterocycles. The smallest absolute Gasteiger partial charge is 0.226 e. The maximum atomic E-state index is 12.0. The standard InChI is InChI=1S/C16H19ClN4O2S/c1-3-4-15-20-21-16(24-15)19-14(23)8-7-13(22)18-12-9-11(17)6-5-10(12)2/h5-6,9H,3-4,7-8H2,1-2H3,(H,18,22)(H,19,21,23). The number of anilines is 2. The van der Waals surface area contributed by atoms with Crippen molar-refractivity contribution in [3.63, 3.8) is 0 Å². The van der Waals surface area contributed by atoms with Crippen LogP contribution >= 0.6 is 22.9 Å². The molecule has 0 fully saturated rings. The summed E-state index contributed by atoms with van der Waals surface area (Å²) in [6, 6.07) is 5.27. The van der Waals surface area contributed by atoms with Crippen LogP contribution in [0.15, 0.2) is 18.2 Å². The highest BCUT2D eigenvalue weighted by Crippen LogP contribution is 2.20. The van der Waals surface area contributed by atoms with Crippen molar-refractivity contribution in [3.05, 3.63) is 33.8 Å². The van der Waals surface area contributed by atoms with Gasteiger partial charge >= 0.3 is 0 Å². The summed E-state index contributed by atoms with van der Waals surface area (Å²) in [5.74, 6) is -0.494. The second-order valence-corrected chi connectivity index (χ2v) is 6.81. The molecule has 2 aromatic rings. The lowest BCUT2D eigenvalue weighted by atomic mass is 10.2. The van der Waals surface area contributed by atoms with Crippen molar-refractivity contribution in [2.24, 2.45) is 0 Å². The summed E-state index contributed by atoms with van der Waals surface area (Å²) in [5.41, 5.74) is 1.57. The first-order valence-corrected chi connectivity index (χ1v) is 8.85. The lowest BCUT2D eigenvalue weighted by Crippen LogP contribution is -2.17. The molecular formula is C16H19ClN4O2S. The zero-order chi connectivity index (χ0) is 17.5. The van der Waals surface area contributed by atoms with Crippen molar-refractivity contribution in [3.8, 4) is 0 Å². The molecule has 8 heteroatoms. The van der Waals surface area contributed by atoms with Crippen LogP contribution in [0.25, 0.3) is 0 Å². The normalized spacial score (nSPS) is 10.5. The van der Waals surface area contributed by atoms with E-state index in [1.807, 2.05) is 13.0 Å². The van der Waals surface area contributed by atoms with Crippen molar-refractivity contribution in [2.45, 2.75) is 39.5 Å². The number of halogens is 1. The lowest BCUT2D eigenvalue weighted by Gasteiger charge is -2.08. The summed E-state index contributed by atoms with van der Waals surface area (Å²) >= 11 is 7.27. The Bertz CT molecular complexity index is 733. The minimum Gasteiger partial charge on any atom is -0.326 e. The molecule has 0 aliphatic heterocycles. The van der Waals surface area contributed by atoms with Crippen molar-refractivity contribution in [1.82, 2.24) is 10.2 Å². The number of hydrogen-bond donors (Lipinski definition) is 2. The molecule has 0 saturated carbocycles. The van der Waals surface area contributed by atoms with Gasteiger partial charge in [0.25, 0.3) is 0 Å². The van der Waals surface area contributed by atoms with Crippen LogP contribution in [-0.2, 0) is 16.0 Å². The van der Waals surface area contributed by atoms with E-state index in [2.05, 4.69) is 27.8 Å². The molecule has 0 atom stereocenters. The zero-order valence-electron chi connectivity index (χ0n) is 13.6. The van der Waals surface area contributed by atoms with Crippen LogP contribution in [0.3, 0.4) is 0 Å². The number of benzene rings is 1. The Labute approximate surface area is 149 Å². The van der Waals surface area contributed by atoms with E-state index in [1.54, 1.807) is 12.1 Å². The Morgan fingerprint density at radius 3 is 2.58 bits per heavy atom. The molecule has 0 bridgehead atoms. The van der Waals surface area contributed by atoms with E-state index in [-0.39, 0.29) is 24.7 Å². The third kappa shape index (κ3) is 5.58. The van der Waals surface area contributed by atoms with E-state index in [9.17, 15) is 9.59 Å². The quantitative estimate of drug-likeness (QED) is 0.780. The molecule has 0 aliphatic rings. The number of carbonyl (C=O) groups is 2. The first-order chi connectivity index (χ1) is 11.5. The van der Waals surface area contributed by atoms with Crippen LogP contribution < -0.4 is 10.6 Å². The SMILES string of the molecule is CCCc1nnc(NC(=O)CCC(=O)Nc2cc(Cl)ccc2C)s1. The molecule has 128 valence electrons. The van der Waals surface area contributed by atoms with Gasteiger partial charge in [-0.05, 0) is 31.0 Å². The molecule has 6 nitrogen and oxygen atoms in total. The van der Waals surface area contributed by atoms with Gasteiger partial charge in [0.2, 0.25) is 16.9 Å². The van der Waals surface area contributed by atoms with E-state index >= 15 is 0 Å². The van der Waals surface area contributed by atoms with Gasteiger partial charge < -0.3 is 10.6 Å².